The standard InChI is InChI=1S/C69H112Cl4N12O4S2/c1-11-13-15-25-74-27-35-85(38-30-77-69(6,7)8)44-42-83(40-32-79-91(88,89)59-20-18-19-55(45-59)63-51-81(10)53-65-61(63)47-57(71)49-67(65)73)34-17-14-16-26-75-28-36-84(37-29-76-68(3,4)5)43-41-82(33-12-2)39-31-78-90(86,87)58-23-21-54(22-24-58)62-50-80(9)52-64-60(62)46-56(70)48-66(64)72/h18-24,45-49,62-63,74-79H,11-17,25-44,50-53H2,1-10H3. The number of unbranched alkanes of at least 4 members (excludes halogenated alkanes) is 4. The Morgan fingerprint density at radius 1 is 0.451 bits per heavy atom. The first kappa shape index (κ1) is 77.5. The molecule has 16 nitrogen and oxygen atoms in total. The lowest BCUT2D eigenvalue weighted by Gasteiger charge is -2.33. The third-order valence-electron chi connectivity index (χ3n) is 17.3. The van der Waals surface area contributed by atoms with E-state index in [9.17, 15) is 16.8 Å². The zero-order valence-electron chi connectivity index (χ0n) is 56.6. The first-order valence-electron chi connectivity index (χ1n) is 33.6. The first-order chi connectivity index (χ1) is 43.2. The van der Waals surface area contributed by atoms with Crippen LogP contribution in [0.2, 0.25) is 20.1 Å². The molecule has 0 saturated heterocycles. The molecule has 512 valence electrons. The number of likely N-dealkylation sites (N-methyl/N-ethyl adjacent to an activating group) is 2. The zero-order chi connectivity index (χ0) is 66.2. The van der Waals surface area contributed by atoms with Crippen LogP contribution in [0.1, 0.15) is 146 Å². The minimum atomic E-state index is -3.82. The number of benzene rings is 4. The molecule has 0 amide bonds. The Kier molecular flexibility index (Phi) is 32.7. The van der Waals surface area contributed by atoms with Crippen LogP contribution in [-0.2, 0) is 33.1 Å². The zero-order valence-corrected chi connectivity index (χ0v) is 61.3. The molecule has 0 saturated carbocycles. The molecule has 0 bridgehead atoms. The van der Waals surface area contributed by atoms with Crippen molar-refractivity contribution in [2.45, 2.75) is 146 Å². The molecule has 0 radical (unpaired) electrons. The fourth-order valence-electron chi connectivity index (χ4n) is 12.3. The number of hydrogen-bond acceptors (Lipinski definition) is 14. The molecule has 4 aromatic rings. The maximum Gasteiger partial charge on any atom is 0.240 e. The number of rotatable bonds is 42. The van der Waals surface area contributed by atoms with E-state index in [0.717, 1.165) is 183 Å². The van der Waals surface area contributed by atoms with Gasteiger partial charge in [0.1, 0.15) is 0 Å². The Bertz CT molecular complexity index is 3040. The second-order valence-electron chi connectivity index (χ2n) is 27.3. The summed E-state index contributed by atoms with van der Waals surface area (Å²) in [5.74, 6) is -0.0519. The Morgan fingerprint density at radius 3 is 1.37 bits per heavy atom. The van der Waals surface area contributed by atoms with E-state index in [1.54, 1.807) is 30.3 Å². The summed E-state index contributed by atoms with van der Waals surface area (Å²) in [5.41, 5.74) is 6.19. The number of nitrogens with one attached hydrogen (secondary N) is 6. The van der Waals surface area contributed by atoms with E-state index < -0.39 is 20.0 Å². The monoisotopic (exact) mass is 1380 g/mol. The molecule has 4 aromatic carbocycles. The van der Waals surface area contributed by atoms with Gasteiger partial charge in [0.25, 0.3) is 0 Å². The molecule has 2 atom stereocenters. The molecule has 0 spiro atoms. The van der Waals surface area contributed by atoms with Gasteiger partial charge in [0.2, 0.25) is 20.0 Å². The topological polar surface area (TPSA) is 160 Å². The van der Waals surface area contributed by atoms with Crippen LogP contribution in [0, 0.1) is 0 Å². The van der Waals surface area contributed by atoms with E-state index in [1.807, 2.05) is 42.5 Å². The van der Waals surface area contributed by atoms with E-state index in [4.69, 9.17) is 46.4 Å². The molecule has 91 heavy (non-hydrogen) atoms. The average molecular weight is 1380 g/mol. The second kappa shape index (κ2) is 38.4. The third kappa shape index (κ3) is 27.1. The van der Waals surface area contributed by atoms with Crippen molar-refractivity contribution in [2.24, 2.45) is 0 Å². The Morgan fingerprint density at radius 2 is 0.890 bits per heavy atom. The van der Waals surface area contributed by atoms with Crippen LogP contribution in [0.3, 0.4) is 0 Å². The van der Waals surface area contributed by atoms with Gasteiger partial charge in [-0.3, -0.25) is 9.80 Å². The van der Waals surface area contributed by atoms with Gasteiger partial charge in [-0.25, -0.2) is 26.3 Å². The molecule has 0 aliphatic carbocycles. The summed E-state index contributed by atoms with van der Waals surface area (Å²) in [7, 11) is -3.42. The van der Waals surface area contributed by atoms with Crippen LogP contribution < -0.4 is 30.7 Å². The van der Waals surface area contributed by atoms with Crippen LogP contribution in [-0.4, -0.2) is 215 Å². The predicted molar refractivity (Wildman–Crippen MR) is 383 cm³/mol. The van der Waals surface area contributed by atoms with Gasteiger partial charge >= 0.3 is 0 Å². The largest absolute Gasteiger partial charge is 0.315 e. The maximum absolute atomic E-state index is 14.1. The third-order valence-corrected chi connectivity index (χ3v) is 21.3. The van der Waals surface area contributed by atoms with Crippen molar-refractivity contribution in [1.82, 2.24) is 60.1 Å². The van der Waals surface area contributed by atoms with E-state index in [-0.39, 0.29) is 32.7 Å². The smallest absolute Gasteiger partial charge is 0.240 e. The number of hydrogen-bond donors (Lipinski definition) is 6. The van der Waals surface area contributed by atoms with E-state index in [2.05, 4.69) is 130 Å². The minimum absolute atomic E-state index is 0.00749. The summed E-state index contributed by atoms with van der Waals surface area (Å²) >= 11 is 26.3. The molecule has 0 fully saturated rings. The lowest BCUT2D eigenvalue weighted by Crippen LogP contribution is -2.46. The molecule has 6 N–H and O–H groups in total. The fourth-order valence-corrected chi connectivity index (χ4v) is 15.5. The number of sulfonamides is 2. The SMILES string of the molecule is CCCCCNCCN(CCNC(C)(C)C)CCN(CCCCCNCCN(CCNC(C)(C)C)CCN(CCC)CCNS(=O)(=O)c1ccc(C2CN(C)Cc3c(Cl)cc(Cl)cc32)cc1)CCNS(=O)(=O)c1cccc(C2CN(C)Cc3c(Cl)cc(Cl)cc32)c1. The van der Waals surface area contributed by atoms with Gasteiger partial charge in [0, 0.05) is 174 Å². The Labute approximate surface area is 570 Å². The van der Waals surface area contributed by atoms with Gasteiger partial charge in [-0.1, -0.05) is 104 Å². The first-order valence-corrected chi connectivity index (χ1v) is 38.0. The van der Waals surface area contributed by atoms with Crippen LogP contribution >= 0.6 is 46.4 Å². The fraction of sp³-hybridized carbons (Fsp3) is 0.652. The predicted octanol–water partition coefficient (Wildman–Crippen LogP) is 10.6. The summed E-state index contributed by atoms with van der Waals surface area (Å²) in [4.78, 5) is 14.8. The van der Waals surface area contributed by atoms with E-state index in [0.29, 0.717) is 52.8 Å². The molecule has 2 unspecified atom stereocenters. The summed E-state index contributed by atoms with van der Waals surface area (Å²) < 4.78 is 61.4. The molecular weight excluding hydrogens is 1270 g/mol. The molecule has 22 heteroatoms. The molecular formula is C69H112Cl4N12O4S2. The van der Waals surface area contributed by atoms with Crippen LogP contribution in [0.25, 0.3) is 0 Å². The van der Waals surface area contributed by atoms with Crippen LogP contribution in [0.5, 0.6) is 0 Å². The quantitative estimate of drug-likeness (QED) is 0.0233. The average Bonchev–Trinajstić information content (AvgIpc) is 0.938. The van der Waals surface area contributed by atoms with Crippen molar-refractivity contribution in [2.75, 3.05) is 158 Å². The Hall–Kier alpha value is -2.54. The molecule has 2 aliphatic rings. The summed E-state index contributed by atoms with van der Waals surface area (Å²) in [6.45, 7) is 36.7. The molecule has 2 aliphatic heterocycles. The van der Waals surface area contributed by atoms with E-state index in [1.165, 1.54) is 19.3 Å². The van der Waals surface area contributed by atoms with Crippen LogP contribution in [0.15, 0.2) is 82.6 Å². The van der Waals surface area contributed by atoms with Gasteiger partial charge in [-0.05, 0) is 189 Å². The van der Waals surface area contributed by atoms with Crippen molar-refractivity contribution in [3.63, 3.8) is 0 Å². The lowest BCUT2D eigenvalue weighted by atomic mass is 9.85. The highest BCUT2D eigenvalue weighted by atomic mass is 35.5. The molecule has 2 heterocycles. The van der Waals surface area contributed by atoms with Crippen LogP contribution in [0.4, 0.5) is 0 Å². The summed E-state index contributed by atoms with van der Waals surface area (Å²) in [6.07, 6.45) is 7.70. The van der Waals surface area contributed by atoms with Crippen molar-refractivity contribution < 1.29 is 16.8 Å². The van der Waals surface area contributed by atoms with Crippen molar-refractivity contribution in [3.8, 4) is 0 Å². The minimum Gasteiger partial charge on any atom is -0.315 e. The lowest BCUT2D eigenvalue weighted by molar-refractivity contribution is 0.198. The summed E-state index contributed by atoms with van der Waals surface area (Å²) in [5, 5.41) is 17.2. The molecule has 6 rings (SSSR count). The maximum atomic E-state index is 14.1. The van der Waals surface area contributed by atoms with Crippen molar-refractivity contribution in [1.29, 1.82) is 0 Å². The van der Waals surface area contributed by atoms with Gasteiger partial charge in [0.05, 0.1) is 9.79 Å². The number of halogens is 4. The highest BCUT2D eigenvalue weighted by Crippen LogP contribution is 2.40. The second-order valence-corrected chi connectivity index (χ2v) is 32.6. The van der Waals surface area contributed by atoms with Gasteiger partial charge in [-0.15, -0.1) is 0 Å². The number of nitrogens with zero attached hydrogens (tertiary/aromatic N) is 6. The van der Waals surface area contributed by atoms with Crippen molar-refractivity contribution in [3.05, 3.63) is 126 Å². The van der Waals surface area contributed by atoms with Crippen molar-refractivity contribution >= 4 is 66.5 Å². The van der Waals surface area contributed by atoms with Gasteiger partial charge in [-0.2, -0.15) is 0 Å². The normalized spacial score (nSPS) is 16.2. The van der Waals surface area contributed by atoms with Gasteiger partial charge in [0.15, 0.2) is 0 Å². The Balaban J connectivity index is 1.00. The molecule has 0 aromatic heterocycles. The highest BCUT2D eigenvalue weighted by Gasteiger charge is 2.30. The summed E-state index contributed by atoms with van der Waals surface area (Å²) in [6, 6.07) is 22.1. The van der Waals surface area contributed by atoms with Gasteiger partial charge < -0.3 is 40.9 Å². The number of fused-ring (bicyclic) bond motifs is 2. The highest BCUT2D eigenvalue weighted by molar-refractivity contribution is 7.89. The van der Waals surface area contributed by atoms with E-state index >= 15 is 0 Å².